The fourth-order valence-corrected chi connectivity index (χ4v) is 2.73. The number of aromatic amines is 1. The van der Waals surface area contributed by atoms with E-state index in [0.717, 1.165) is 57.2 Å². The maximum atomic E-state index is 5.57. The largest absolute Gasteiger partial charge is 0.380 e. The van der Waals surface area contributed by atoms with Crippen LogP contribution in [0.2, 0.25) is 0 Å². The van der Waals surface area contributed by atoms with Crippen molar-refractivity contribution in [3.8, 4) is 0 Å². The van der Waals surface area contributed by atoms with Gasteiger partial charge < -0.3 is 10.1 Å². The van der Waals surface area contributed by atoms with E-state index in [2.05, 4.69) is 22.4 Å². The first-order valence-electron chi connectivity index (χ1n) is 6.49. The Labute approximate surface area is 101 Å². The zero-order chi connectivity index (χ0) is 11.7. The van der Waals surface area contributed by atoms with Crippen molar-refractivity contribution < 1.29 is 4.74 Å². The Balaban J connectivity index is 1.78. The molecule has 94 valence electrons. The summed E-state index contributed by atoms with van der Waals surface area (Å²) < 4.78 is 5.57. The third kappa shape index (κ3) is 2.09. The summed E-state index contributed by atoms with van der Waals surface area (Å²) in [7, 11) is 0. The van der Waals surface area contributed by atoms with E-state index in [1.807, 2.05) is 0 Å². The minimum Gasteiger partial charge on any atom is -0.380 e. The second-order valence-electron chi connectivity index (χ2n) is 5.45. The van der Waals surface area contributed by atoms with Gasteiger partial charge in [0.05, 0.1) is 12.0 Å². The quantitative estimate of drug-likeness (QED) is 0.802. The van der Waals surface area contributed by atoms with Gasteiger partial charge in [-0.1, -0.05) is 6.92 Å². The number of ether oxygens (including phenoxy) is 1. The van der Waals surface area contributed by atoms with Gasteiger partial charge in [0.2, 0.25) is 0 Å². The predicted molar refractivity (Wildman–Crippen MR) is 64.0 cm³/mol. The van der Waals surface area contributed by atoms with Crippen molar-refractivity contribution in [3.63, 3.8) is 0 Å². The second kappa shape index (κ2) is 4.38. The summed E-state index contributed by atoms with van der Waals surface area (Å²) in [4.78, 5) is 4.70. The molecule has 2 unspecified atom stereocenters. The molecule has 5 heteroatoms. The molecule has 2 saturated heterocycles. The van der Waals surface area contributed by atoms with Gasteiger partial charge in [-0.15, -0.1) is 0 Å². The lowest BCUT2D eigenvalue weighted by atomic mass is 9.84. The van der Waals surface area contributed by atoms with Crippen LogP contribution in [-0.4, -0.2) is 41.5 Å². The molecular weight excluding hydrogens is 216 g/mol. The van der Waals surface area contributed by atoms with Crippen LogP contribution in [0.1, 0.15) is 43.8 Å². The van der Waals surface area contributed by atoms with E-state index in [1.54, 1.807) is 0 Å². The molecule has 3 rings (SSSR count). The number of hydrogen-bond donors (Lipinski definition) is 2. The minimum atomic E-state index is -0.000959. The van der Waals surface area contributed by atoms with Crippen molar-refractivity contribution in [2.75, 3.05) is 26.3 Å². The molecule has 2 aliphatic heterocycles. The zero-order valence-electron chi connectivity index (χ0n) is 10.3. The van der Waals surface area contributed by atoms with Crippen LogP contribution < -0.4 is 5.32 Å². The van der Waals surface area contributed by atoms with Crippen LogP contribution in [-0.2, 0) is 10.2 Å². The Morgan fingerprint density at radius 2 is 2.41 bits per heavy atom. The fraction of sp³-hybridized carbons (Fsp3) is 0.833. The van der Waals surface area contributed by atoms with Gasteiger partial charge in [0.25, 0.3) is 0 Å². The topological polar surface area (TPSA) is 62.8 Å². The maximum Gasteiger partial charge on any atom is 0.158 e. The van der Waals surface area contributed by atoms with E-state index in [-0.39, 0.29) is 5.41 Å². The van der Waals surface area contributed by atoms with Crippen molar-refractivity contribution >= 4 is 0 Å². The monoisotopic (exact) mass is 236 g/mol. The summed E-state index contributed by atoms with van der Waals surface area (Å²) in [5.74, 6) is 2.47. The normalized spacial score (nSPS) is 34.1. The van der Waals surface area contributed by atoms with Gasteiger partial charge in [0.15, 0.2) is 5.82 Å². The average Bonchev–Trinajstić information content (AvgIpc) is 3.01. The summed E-state index contributed by atoms with van der Waals surface area (Å²) in [6, 6.07) is 0. The van der Waals surface area contributed by atoms with Gasteiger partial charge in [-0.3, -0.25) is 5.10 Å². The SMILES string of the molecule is CC1(c2n[nH]c(C3CCNC3)n2)CCCOC1. The highest BCUT2D eigenvalue weighted by molar-refractivity contribution is 5.10. The summed E-state index contributed by atoms with van der Waals surface area (Å²) in [5.41, 5.74) is -0.000959. The van der Waals surface area contributed by atoms with Crippen molar-refractivity contribution in [2.24, 2.45) is 0 Å². The Kier molecular flexibility index (Phi) is 2.88. The first-order chi connectivity index (χ1) is 8.28. The lowest BCUT2D eigenvalue weighted by Crippen LogP contribution is -2.34. The molecule has 1 aromatic rings. The highest BCUT2D eigenvalue weighted by Gasteiger charge is 2.34. The van der Waals surface area contributed by atoms with Crippen molar-refractivity contribution in [3.05, 3.63) is 11.6 Å². The molecule has 5 nitrogen and oxygen atoms in total. The first kappa shape index (κ1) is 11.2. The highest BCUT2D eigenvalue weighted by Crippen LogP contribution is 2.31. The number of rotatable bonds is 2. The van der Waals surface area contributed by atoms with Crippen LogP contribution in [0.4, 0.5) is 0 Å². The molecule has 0 aromatic carbocycles. The van der Waals surface area contributed by atoms with Crippen LogP contribution in [0, 0.1) is 0 Å². The maximum absolute atomic E-state index is 5.57. The van der Waals surface area contributed by atoms with E-state index in [9.17, 15) is 0 Å². The van der Waals surface area contributed by atoms with E-state index < -0.39 is 0 Å². The fourth-order valence-electron chi connectivity index (χ4n) is 2.73. The van der Waals surface area contributed by atoms with Gasteiger partial charge >= 0.3 is 0 Å². The minimum absolute atomic E-state index is 0.000959. The van der Waals surface area contributed by atoms with Crippen molar-refractivity contribution in [1.29, 1.82) is 0 Å². The van der Waals surface area contributed by atoms with Crippen LogP contribution >= 0.6 is 0 Å². The Morgan fingerprint density at radius 3 is 3.12 bits per heavy atom. The van der Waals surface area contributed by atoms with E-state index in [0.29, 0.717) is 5.92 Å². The molecule has 0 saturated carbocycles. The van der Waals surface area contributed by atoms with Gasteiger partial charge in [0.1, 0.15) is 5.82 Å². The molecule has 0 spiro atoms. The molecule has 2 aliphatic rings. The Hall–Kier alpha value is -0.940. The average molecular weight is 236 g/mol. The van der Waals surface area contributed by atoms with E-state index in [1.165, 1.54) is 0 Å². The second-order valence-corrected chi connectivity index (χ2v) is 5.45. The molecule has 1 aromatic heterocycles. The predicted octanol–water partition coefficient (Wildman–Crippen LogP) is 0.950. The van der Waals surface area contributed by atoms with Crippen LogP contribution in [0.3, 0.4) is 0 Å². The Morgan fingerprint density at radius 1 is 1.47 bits per heavy atom. The van der Waals surface area contributed by atoms with Crippen molar-refractivity contribution in [2.45, 2.75) is 37.5 Å². The molecule has 0 radical (unpaired) electrons. The van der Waals surface area contributed by atoms with Crippen LogP contribution in [0.15, 0.2) is 0 Å². The molecule has 2 N–H and O–H groups in total. The molecule has 2 atom stereocenters. The van der Waals surface area contributed by atoms with Crippen molar-refractivity contribution in [1.82, 2.24) is 20.5 Å². The molecule has 2 fully saturated rings. The molecule has 3 heterocycles. The highest BCUT2D eigenvalue weighted by atomic mass is 16.5. The molecule has 0 amide bonds. The zero-order valence-corrected chi connectivity index (χ0v) is 10.3. The lowest BCUT2D eigenvalue weighted by Gasteiger charge is -2.30. The van der Waals surface area contributed by atoms with Crippen LogP contribution in [0.25, 0.3) is 0 Å². The standard InChI is InChI=1S/C12H20N4O/c1-12(4-2-6-17-8-12)11-14-10(15-16-11)9-3-5-13-7-9/h9,13H,2-8H2,1H3,(H,14,15,16). The van der Waals surface area contributed by atoms with Gasteiger partial charge in [-0.25, -0.2) is 4.98 Å². The van der Waals surface area contributed by atoms with Gasteiger partial charge in [-0.2, -0.15) is 5.10 Å². The van der Waals surface area contributed by atoms with E-state index >= 15 is 0 Å². The number of aromatic nitrogens is 3. The third-order valence-corrected chi connectivity index (χ3v) is 3.93. The molecule has 17 heavy (non-hydrogen) atoms. The number of nitrogens with one attached hydrogen (secondary N) is 2. The van der Waals surface area contributed by atoms with Gasteiger partial charge in [-0.05, 0) is 25.8 Å². The first-order valence-corrected chi connectivity index (χ1v) is 6.49. The molecule has 0 bridgehead atoms. The number of hydrogen-bond acceptors (Lipinski definition) is 4. The van der Waals surface area contributed by atoms with Gasteiger partial charge in [0, 0.05) is 19.1 Å². The Bertz CT molecular complexity index is 378. The summed E-state index contributed by atoms with van der Waals surface area (Å²) in [6.45, 7) is 5.92. The van der Waals surface area contributed by atoms with E-state index in [4.69, 9.17) is 9.72 Å². The summed E-state index contributed by atoms with van der Waals surface area (Å²) in [6.07, 6.45) is 3.38. The summed E-state index contributed by atoms with van der Waals surface area (Å²) in [5, 5.41) is 10.9. The van der Waals surface area contributed by atoms with Crippen LogP contribution in [0.5, 0.6) is 0 Å². The lowest BCUT2D eigenvalue weighted by molar-refractivity contribution is 0.0385. The summed E-state index contributed by atoms with van der Waals surface area (Å²) >= 11 is 0. The molecule has 0 aliphatic carbocycles. The third-order valence-electron chi connectivity index (χ3n) is 3.93. The number of H-pyrrole nitrogens is 1. The number of nitrogens with zero attached hydrogens (tertiary/aromatic N) is 2. The molecular formula is C12H20N4O. The smallest absolute Gasteiger partial charge is 0.158 e.